The summed E-state index contributed by atoms with van der Waals surface area (Å²) in [5.41, 5.74) is 1.27. The van der Waals surface area contributed by atoms with E-state index in [0.29, 0.717) is 0 Å². The first-order chi connectivity index (χ1) is 11.8. The van der Waals surface area contributed by atoms with Crippen molar-refractivity contribution in [2.75, 3.05) is 39.5 Å². The molecule has 0 unspecified atom stereocenters. The van der Waals surface area contributed by atoms with E-state index in [9.17, 15) is 0 Å². The van der Waals surface area contributed by atoms with Crippen molar-refractivity contribution in [3.05, 3.63) is 29.8 Å². The number of rotatable bonds is 12. The molecular weight excluding hydrogens is 429 g/mol. The molecule has 2 N–H and O–H groups in total. The minimum atomic E-state index is 0. The van der Waals surface area contributed by atoms with Gasteiger partial charge in [0.25, 0.3) is 0 Å². The first-order valence-corrected chi connectivity index (χ1v) is 9.11. The van der Waals surface area contributed by atoms with Crippen molar-refractivity contribution in [3.8, 4) is 5.75 Å². The maximum atomic E-state index is 5.68. The summed E-state index contributed by atoms with van der Waals surface area (Å²) in [5.74, 6) is 1.82. The highest BCUT2D eigenvalue weighted by Crippen LogP contribution is 2.13. The maximum absolute atomic E-state index is 5.68. The molecule has 0 bridgehead atoms. The van der Waals surface area contributed by atoms with Crippen LogP contribution in [-0.2, 0) is 11.2 Å². The second kappa shape index (κ2) is 16.4. The van der Waals surface area contributed by atoms with Crippen molar-refractivity contribution in [2.45, 2.75) is 40.0 Å². The molecule has 1 rings (SSSR count). The fraction of sp³-hybridized carbons (Fsp3) is 0.632. The van der Waals surface area contributed by atoms with Gasteiger partial charge in [-0.25, -0.2) is 0 Å². The van der Waals surface area contributed by atoms with Crippen molar-refractivity contribution < 1.29 is 9.47 Å². The molecule has 0 aromatic heterocycles. The van der Waals surface area contributed by atoms with Crippen molar-refractivity contribution in [1.29, 1.82) is 0 Å². The fourth-order valence-corrected chi connectivity index (χ4v) is 2.18. The minimum absolute atomic E-state index is 0. The first kappa shape index (κ1) is 24.0. The van der Waals surface area contributed by atoms with E-state index in [1.165, 1.54) is 5.56 Å². The van der Waals surface area contributed by atoms with Gasteiger partial charge in [0.1, 0.15) is 5.75 Å². The van der Waals surface area contributed by atoms with Crippen LogP contribution < -0.4 is 15.4 Å². The van der Waals surface area contributed by atoms with E-state index in [2.05, 4.69) is 41.6 Å². The van der Waals surface area contributed by atoms with Crippen LogP contribution >= 0.6 is 24.0 Å². The molecule has 144 valence electrons. The Labute approximate surface area is 170 Å². The second-order valence-corrected chi connectivity index (χ2v) is 5.48. The van der Waals surface area contributed by atoms with Gasteiger partial charge in [-0.05, 0) is 50.8 Å². The summed E-state index contributed by atoms with van der Waals surface area (Å²) in [4.78, 5) is 4.56. The minimum Gasteiger partial charge on any atom is -0.494 e. The van der Waals surface area contributed by atoms with Crippen LogP contribution in [0.1, 0.15) is 39.2 Å². The Hall–Kier alpha value is -1.02. The Morgan fingerprint density at radius 2 is 1.96 bits per heavy atom. The third-order valence-electron chi connectivity index (χ3n) is 3.34. The van der Waals surface area contributed by atoms with Gasteiger partial charge >= 0.3 is 0 Å². The van der Waals surface area contributed by atoms with Gasteiger partial charge < -0.3 is 20.1 Å². The largest absolute Gasteiger partial charge is 0.494 e. The van der Waals surface area contributed by atoms with Crippen LogP contribution in [0.2, 0.25) is 0 Å². The van der Waals surface area contributed by atoms with Gasteiger partial charge in [0.05, 0.1) is 6.61 Å². The summed E-state index contributed by atoms with van der Waals surface area (Å²) in [6, 6.07) is 8.31. The molecule has 5 nitrogen and oxygen atoms in total. The number of hydrogen-bond acceptors (Lipinski definition) is 3. The van der Waals surface area contributed by atoms with E-state index in [-0.39, 0.29) is 24.0 Å². The number of hydrogen-bond donors (Lipinski definition) is 2. The van der Waals surface area contributed by atoms with Crippen LogP contribution in [0.3, 0.4) is 0 Å². The lowest BCUT2D eigenvalue weighted by molar-refractivity contribution is 0.146. The van der Waals surface area contributed by atoms with Gasteiger partial charge in [0.2, 0.25) is 0 Å². The molecule has 25 heavy (non-hydrogen) atoms. The summed E-state index contributed by atoms with van der Waals surface area (Å²) in [6.07, 6.45) is 2.91. The lowest BCUT2D eigenvalue weighted by Gasteiger charge is -2.12. The average molecular weight is 463 g/mol. The lowest BCUT2D eigenvalue weighted by atomic mass is 10.1. The molecule has 0 aliphatic rings. The molecule has 0 amide bonds. The standard InChI is InChI=1S/C19H33N3O2.HI/c1-4-14-24-18-10-7-9-17(16-18)11-13-22-19(20-5-2)21-12-8-15-23-6-3;/h7,9-10,16H,4-6,8,11-15H2,1-3H3,(H2,20,21,22);1H. The van der Waals surface area contributed by atoms with Crippen LogP contribution in [0.4, 0.5) is 0 Å². The SMILES string of the molecule is CCCOc1cccc(CCNC(=NCCCOCC)NCC)c1.I. The average Bonchev–Trinajstić information content (AvgIpc) is 2.60. The first-order valence-electron chi connectivity index (χ1n) is 9.11. The molecule has 0 aliphatic carbocycles. The van der Waals surface area contributed by atoms with E-state index in [0.717, 1.165) is 70.4 Å². The van der Waals surface area contributed by atoms with Crippen LogP contribution in [-0.4, -0.2) is 45.4 Å². The van der Waals surface area contributed by atoms with E-state index in [1.54, 1.807) is 0 Å². The Balaban J connectivity index is 0.00000576. The van der Waals surface area contributed by atoms with Crippen LogP contribution in [0, 0.1) is 0 Å². The molecule has 0 fully saturated rings. The Morgan fingerprint density at radius 3 is 2.68 bits per heavy atom. The van der Waals surface area contributed by atoms with Gasteiger partial charge in [-0.2, -0.15) is 0 Å². The monoisotopic (exact) mass is 463 g/mol. The zero-order valence-corrected chi connectivity index (χ0v) is 18.2. The molecule has 0 saturated heterocycles. The highest BCUT2D eigenvalue weighted by atomic mass is 127. The molecule has 1 aromatic rings. The van der Waals surface area contributed by atoms with E-state index in [1.807, 2.05) is 19.1 Å². The van der Waals surface area contributed by atoms with E-state index >= 15 is 0 Å². The normalized spacial score (nSPS) is 10.9. The molecule has 0 saturated carbocycles. The van der Waals surface area contributed by atoms with E-state index in [4.69, 9.17) is 9.47 Å². The Kier molecular flexibility index (Phi) is 15.8. The number of aliphatic imine (C=N–C) groups is 1. The number of nitrogens with one attached hydrogen (secondary N) is 2. The summed E-state index contributed by atoms with van der Waals surface area (Å²) >= 11 is 0. The summed E-state index contributed by atoms with van der Waals surface area (Å²) in [7, 11) is 0. The van der Waals surface area contributed by atoms with Crippen molar-refractivity contribution in [2.24, 2.45) is 4.99 Å². The van der Waals surface area contributed by atoms with Crippen LogP contribution in [0.15, 0.2) is 29.3 Å². The molecular formula is C19H34IN3O2. The summed E-state index contributed by atoms with van der Waals surface area (Å²) < 4.78 is 11.0. The lowest BCUT2D eigenvalue weighted by Crippen LogP contribution is -2.38. The highest BCUT2D eigenvalue weighted by molar-refractivity contribution is 14.0. The van der Waals surface area contributed by atoms with Crippen molar-refractivity contribution in [3.63, 3.8) is 0 Å². The van der Waals surface area contributed by atoms with Gasteiger partial charge in [-0.15, -0.1) is 24.0 Å². The third kappa shape index (κ3) is 12.0. The second-order valence-electron chi connectivity index (χ2n) is 5.48. The van der Waals surface area contributed by atoms with Crippen molar-refractivity contribution >= 4 is 29.9 Å². The van der Waals surface area contributed by atoms with Crippen LogP contribution in [0.5, 0.6) is 5.75 Å². The number of ether oxygens (including phenoxy) is 2. The van der Waals surface area contributed by atoms with Gasteiger partial charge in [0, 0.05) is 32.8 Å². The third-order valence-corrected chi connectivity index (χ3v) is 3.34. The zero-order valence-electron chi connectivity index (χ0n) is 15.8. The molecule has 0 spiro atoms. The summed E-state index contributed by atoms with van der Waals surface area (Å²) in [6.45, 7) is 11.0. The maximum Gasteiger partial charge on any atom is 0.191 e. The van der Waals surface area contributed by atoms with Gasteiger partial charge in [-0.3, -0.25) is 4.99 Å². The predicted octanol–water partition coefficient (Wildman–Crippen LogP) is 3.62. The molecule has 0 atom stereocenters. The van der Waals surface area contributed by atoms with Gasteiger partial charge in [0.15, 0.2) is 5.96 Å². The smallest absolute Gasteiger partial charge is 0.191 e. The quantitative estimate of drug-likeness (QED) is 0.215. The fourth-order valence-electron chi connectivity index (χ4n) is 2.18. The molecule has 6 heteroatoms. The Bertz CT molecular complexity index is 470. The van der Waals surface area contributed by atoms with Crippen LogP contribution in [0.25, 0.3) is 0 Å². The Morgan fingerprint density at radius 1 is 1.12 bits per heavy atom. The van der Waals surface area contributed by atoms with Gasteiger partial charge in [-0.1, -0.05) is 19.1 Å². The topological polar surface area (TPSA) is 54.9 Å². The number of nitrogens with zero attached hydrogens (tertiary/aromatic N) is 1. The number of halogens is 1. The number of benzene rings is 1. The molecule has 0 aliphatic heterocycles. The predicted molar refractivity (Wildman–Crippen MR) is 116 cm³/mol. The molecule has 0 heterocycles. The summed E-state index contributed by atoms with van der Waals surface area (Å²) in [5, 5.41) is 6.65. The highest BCUT2D eigenvalue weighted by Gasteiger charge is 2.00. The van der Waals surface area contributed by atoms with Crippen molar-refractivity contribution in [1.82, 2.24) is 10.6 Å². The molecule has 1 aromatic carbocycles. The molecule has 0 radical (unpaired) electrons. The zero-order chi connectivity index (χ0) is 17.5. The number of guanidine groups is 1. The van der Waals surface area contributed by atoms with E-state index < -0.39 is 0 Å².